The van der Waals surface area contributed by atoms with Gasteiger partial charge in [0.15, 0.2) is 0 Å². The summed E-state index contributed by atoms with van der Waals surface area (Å²) in [7, 11) is -3.60. The zero-order valence-corrected chi connectivity index (χ0v) is 20.3. The van der Waals surface area contributed by atoms with Crippen molar-refractivity contribution in [3.05, 3.63) is 66.1 Å². The van der Waals surface area contributed by atoms with Gasteiger partial charge in [0.2, 0.25) is 15.9 Å². The molecule has 2 aromatic carbocycles. The van der Waals surface area contributed by atoms with E-state index in [2.05, 4.69) is 4.98 Å². The minimum Gasteiger partial charge on any atom is -0.460 e. The van der Waals surface area contributed by atoms with Crippen LogP contribution in [-0.2, 0) is 31.0 Å². The summed E-state index contributed by atoms with van der Waals surface area (Å²) in [4.78, 5) is 31.1. The number of fused-ring (bicyclic) bond motifs is 1. The van der Waals surface area contributed by atoms with Gasteiger partial charge in [-0.3, -0.25) is 14.6 Å². The Morgan fingerprint density at radius 1 is 1.14 bits per heavy atom. The number of benzene rings is 2. The number of sulfonamides is 1. The quantitative estimate of drug-likeness (QED) is 0.440. The summed E-state index contributed by atoms with van der Waals surface area (Å²) >= 11 is 0. The highest BCUT2D eigenvalue weighted by Crippen LogP contribution is 2.28. The third kappa shape index (κ3) is 4.89. The number of ether oxygens (including phenoxy) is 1. The highest BCUT2D eigenvalue weighted by molar-refractivity contribution is 7.89. The normalized spacial score (nSPS) is 16.3. The first-order valence-corrected chi connectivity index (χ1v) is 12.8. The SMILES string of the molecule is CCN(CC)S(=O)(=O)c1ccc(N2CC(C(=O)OCc3ccc(F)c4cccnc34)CC2=O)cc1. The molecule has 0 saturated carbocycles. The Kier molecular flexibility index (Phi) is 7.13. The number of hydrogen-bond donors (Lipinski definition) is 0. The van der Waals surface area contributed by atoms with Crippen LogP contribution in [-0.4, -0.2) is 49.2 Å². The number of amides is 1. The molecule has 4 rings (SSSR count). The molecule has 8 nitrogen and oxygen atoms in total. The van der Waals surface area contributed by atoms with Crippen LogP contribution in [0.2, 0.25) is 0 Å². The van der Waals surface area contributed by atoms with Gasteiger partial charge in [-0.15, -0.1) is 0 Å². The number of carbonyl (C=O) groups excluding carboxylic acids is 2. The smallest absolute Gasteiger partial charge is 0.311 e. The maximum atomic E-state index is 14.0. The zero-order valence-electron chi connectivity index (χ0n) is 19.5. The molecule has 1 unspecified atom stereocenters. The van der Waals surface area contributed by atoms with Gasteiger partial charge in [-0.05, 0) is 42.5 Å². The van der Waals surface area contributed by atoms with E-state index < -0.39 is 27.7 Å². The molecule has 35 heavy (non-hydrogen) atoms. The van der Waals surface area contributed by atoms with Crippen molar-refractivity contribution in [2.75, 3.05) is 24.5 Å². The first-order valence-electron chi connectivity index (χ1n) is 11.4. The van der Waals surface area contributed by atoms with Crippen LogP contribution in [0, 0.1) is 11.7 Å². The van der Waals surface area contributed by atoms with Crippen molar-refractivity contribution in [1.82, 2.24) is 9.29 Å². The molecule has 1 fully saturated rings. The van der Waals surface area contributed by atoms with Gasteiger partial charge in [-0.1, -0.05) is 19.9 Å². The summed E-state index contributed by atoms with van der Waals surface area (Å²) in [5, 5.41) is 0.342. The van der Waals surface area contributed by atoms with Gasteiger partial charge < -0.3 is 9.64 Å². The standard InChI is InChI=1S/C25H26FN3O5S/c1-3-28(4-2)35(32,33)20-10-8-19(9-11-20)29-15-18(14-23(29)30)25(31)34-16-17-7-12-22(26)21-6-5-13-27-24(17)21/h5-13,18H,3-4,14-16H2,1-2H3. The molecule has 1 aliphatic rings. The number of nitrogens with zero attached hydrogens (tertiary/aromatic N) is 3. The van der Waals surface area contributed by atoms with E-state index in [1.54, 1.807) is 44.3 Å². The Balaban J connectivity index is 1.43. The first kappa shape index (κ1) is 24.7. The van der Waals surface area contributed by atoms with Crippen molar-refractivity contribution in [1.29, 1.82) is 0 Å². The predicted octanol–water partition coefficient (Wildman–Crippen LogP) is 3.50. The number of hydrogen-bond acceptors (Lipinski definition) is 6. The summed E-state index contributed by atoms with van der Waals surface area (Å²) in [6.45, 7) is 4.30. The number of anilines is 1. The van der Waals surface area contributed by atoms with Crippen molar-refractivity contribution >= 4 is 38.5 Å². The van der Waals surface area contributed by atoms with Crippen molar-refractivity contribution in [3.63, 3.8) is 0 Å². The number of pyridine rings is 1. The van der Waals surface area contributed by atoms with E-state index in [0.29, 0.717) is 35.2 Å². The Morgan fingerprint density at radius 3 is 2.54 bits per heavy atom. The second-order valence-electron chi connectivity index (χ2n) is 8.20. The minimum atomic E-state index is -3.60. The lowest BCUT2D eigenvalue weighted by molar-refractivity contribution is -0.149. The average Bonchev–Trinajstić information content (AvgIpc) is 3.26. The lowest BCUT2D eigenvalue weighted by atomic mass is 10.1. The Labute approximate surface area is 203 Å². The fraction of sp³-hybridized carbons (Fsp3) is 0.320. The zero-order chi connectivity index (χ0) is 25.2. The van der Waals surface area contributed by atoms with Crippen LogP contribution in [0.3, 0.4) is 0 Å². The average molecular weight is 500 g/mol. The van der Waals surface area contributed by atoms with Crippen LogP contribution in [0.25, 0.3) is 10.9 Å². The molecule has 1 amide bonds. The van der Waals surface area contributed by atoms with Crippen molar-refractivity contribution in [3.8, 4) is 0 Å². The molecule has 2 heterocycles. The highest BCUT2D eigenvalue weighted by atomic mass is 32.2. The van der Waals surface area contributed by atoms with Crippen LogP contribution in [0.1, 0.15) is 25.8 Å². The van der Waals surface area contributed by atoms with Crippen LogP contribution in [0.4, 0.5) is 10.1 Å². The summed E-state index contributed by atoms with van der Waals surface area (Å²) in [5.74, 6) is -1.85. The van der Waals surface area contributed by atoms with Crippen molar-refractivity contribution in [2.24, 2.45) is 5.92 Å². The number of carbonyl (C=O) groups is 2. The van der Waals surface area contributed by atoms with Gasteiger partial charge in [-0.25, -0.2) is 12.8 Å². The molecule has 3 aromatic rings. The second kappa shape index (κ2) is 10.1. The summed E-state index contributed by atoms with van der Waals surface area (Å²) in [6, 6.07) is 12.1. The second-order valence-corrected chi connectivity index (χ2v) is 10.1. The summed E-state index contributed by atoms with van der Waals surface area (Å²) in [6.07, 6.45) is 1.53. The van der Waals surface area contributed by atoms with E-state index >= 15 is 0 Å². The fourth-order valence-electron chi connectivity index (χ4n) is 4.21. The molecular formula is C25H26FN3O5S. The van der Waals surface area contributed by atoms with Crippen LogP contribution in [0.5, 0.6) is 0 Å². The minimum absolute atomic E-state index is 0.0131. The maximum Gasteiger partial charge on any atom is 0.311 e. The largest absolute Gasteiger partial charge is 0.460 e. The number of esters is 1. The van der Waals surface area contributed by atoms with E-state index in [-0.39, 0.29) is 30.4 Å². The molecule has 10 heteroatoms. The van der Waals surface area contributed by atoms with E-state index in [4.69, 9.17) is 4.74 Å². The van der Waals surface area contributed by atoms with Gasteiger partial charge in [-0.2, -0.15) is 4.31 Å². The van der Waals surface area contributed by atoms with Crippen LogP contribution < -0.4 is 4.90 Å². The predicted molar refractivity (Wildman–Crippen MR) is 129 cm³/mol. The van der Waals surface area contributed by atoms with Crippen molar-refractivity contribution < 1.29 is 27.1 Å². The lowest BCUT2D eigenvalue weighted by Crippen LogP contribution is -2.30. The molecule has 184 valence electrons. The molecule has 0 spiro atoms. The number of rotatable bonds is 8. The summed E-state index contributed by atoms with van der Waals surface area (Å²) < 4.78 is 46.2. The first-order chi connectivity index (χ1) is 16.8. The molecule has 1 aromatic heterocycles. The fourth-order valence-corrected chi connectivity index (χ4v) is 5.66. The van der Waals surface area contributed by atoms with E-state index in [1.807, 2.05) is 0 Å². The monoisotopic (exact) mass is 499 g/mol. The molecular weight excluding hydrogens is 473 g/mol. The number of halogens is 1. The molecule has 0 N–H and O–H groups in total. The van der Waals surface area contributed by atoms with Gasteiger partial charge >= 0.3 is 5.97 Å². The van der Waals surface area contributed by atoms with E-state index in [9.17, 15) is 22.4 Å². The van der Waals surface area contributed by atoms with E-state index in [0.717, 1.165) is 0 Å². The molecule has 1 saturated heterocycles. The maximum absolute atomic E-state index is 14.0. The number of aromatic nitrogens is 1. The third-order valence-corrected chi connectivity index (χ3v) is 8.18. The van der Waals surface area contributed by atoms with E-state index in [1.165, 1.54) is 33.5 Å². The molecule has 1 atom stereocenters. The topological polar surface area (TPSA) is 96.9 Å². The Bertz CT molecular complexity index is 1360. The summed E-state index contributed by atoms with van der Waals surface area (Å²) in [5.41, 5.74) is 1.50. The van der Waals surface area contributed by atoms with Crippen LogP contribution in [0.15, 0.2) is 59.6 Å². The lowest BCUT2D eigenvalue weighted by Gasteiger charge is -2.20. The van der Waals surface area contributed by atoms with Gasteiger partial charge in [0.25, 0.3) is 0 Å². The molecule has 0 bridgehead atoms. The molecule has 1 aliphatic heterocycles. The Morgan fingerprint density at radius 2 is 1.86 bits per heavy atom. The highest BCUT2D eigenvalue weighted by Gasteiger charge is 2.36. The Hall–Kier alpha value is -3.37. The van der Waals surface area contributed by atoms with Crippen LogP contribution >= 0.6 is 0 Å². The van der Waals surface area contributed by atoms with Gasteiger partial charge in [0, 0.05) is 48.9 Å². The molecule has 0 radical (unpaired) electrons. The van der Waals surface area contributed by atoms with Crippen molar-refractivity contribution in [2.45, 2.75) is 31.8 Å². The third-order valence-electron chi connectivity index (χ3n) is 6.12. The van der Waals surface area contributed by atoms with Gasteiger partial charge in [0.05, 0.1) is 16.3 Å². The molecule has 0 aliphatic carbocycles. The van der Waals surface area contributed by atoms with Gasteiger partial charge in [0.1, 0.15) is 12.4 Å².